The van der Waals surface area contributed by atoms with Gasteiger partial charge in [0.15, 0.2) is 0 Å². The van der Waals surface area contributed by atoms with Gasteiger partial charge in [-0.2, -0.15) is 0 Å². The van der Waals surface area contributed by atoms with E-state index < -0.39 is 0 Å². The summed E-state index contributed by atoms with van der Waals surface area (Å²) in [6, 6.07) is 7.85. The Hall–Kier alpha value is -2.10. The van der Waals surface area contributed by atoms with E-state index in [0.717, 1.165) is 5.56 Å². The molecule has 0 spiro atoms. The number of carbonyl (C=O) groups is 2. The molecule has 4 heteroatoms. The lowest BCUT2D eigenvalue weighted by Gasteiger charge is -2.02. The number of esters is 1. The van der Waals surface area contributed by atoms with Crippen LogP contribution in [0.1, 0.15) is 24.5 Å². The summed E-state index contributed by atoms with van der Waals surface area (Å²) < 4.78 is 4.76. The summed E-state index contributed by atoms with van der Waals surface area (Å²) in [6.07, 6.45) is 3.38. The van der Waals surface area contributed by atoms with E-state index in [1.165, 1.54) is 11.6 Å². The third kappa shape index (κ3) is 6.41. The van der Waals surface area contributed by atoms with Gasteiger partial charge >= 0.3 is 5.97 Å². The highest BCUT2D eigenvalue weighted by molar-refractivity contribution is 5.91. The normalized spacial score (nSPS) is 10.4. The lowest BCUT2D eigenvalue weighted by Crippen LogP contribution is -2.24. The molecule has 1 rings (SSSR count). The predicted molar refractivity (Wildman–Crippen MR) is 74.5 cm³/mol. The zero-order valence-corrected chi connectivity index (χ0v) is 11.3. The minimum atomic E-state index is -0.301. The smallest absolute Gasteiger partial charge is 0.307 e. The molecule has 0 unspecified atom stereocenters. The number of amides is 1. The molecule has 0 fully saturated rings. The number of nitrogens with one attached hydrogen (secondary N) is 1. The van der Waals surface area contributed by atoms with E-state index in [9.17, 15) is 9.59 Å². The van der Waals surface area contributed by atoms with Crippen molar-refractivity contribution in [3.63, 3.8) is 0 Å². The van der Waals surface area contributed by atoms with E-state index in [-0.39, 0.29) is 24.8 Å². The second-order valence-electron chi connectivity index (χ2n) is 4.09. The minimum Gasteiger partial charge on any atom is -0.466 e. The van der Waals surface area contributed by atoms with Gasteiger partial charge < -0.3 is 10.1 Å². The van der Waals surface area contributed by atoms with Crippen molar-refractivity contribution in [1.82, 2.24) is 5.32 Å². The molecular weight excluding hydrogens is 242 g/mol. The van der Waals surface area contributed by atoms with Gasteiger partial charge in [-0.3, -0.25) is 9.59 Å². The second-order valence-corrected chi connectivity index (χ2v) is 4.09. The highest BCUT2D eigenvalue weighted by Gasteiger charge is 2.01. The Morgan fingerprint density at radius 3 is 2.58 bits per heavy atom. The molecule has 4 nitrogen and oxygen atoms in total. The van der Waals surface area contributed by atoms with Gasteiger partial charge in [0.05, 0.1) is 13.0 Å². The van der Waals surface area contributed by atoms with Crippen molar-refractivity contribution in [2.75, 3.05) is 13.2 Å². The van der Waals surface area contributed by atoms with Crippen LogP contribution in [0.3, 0.4) is 0 Å². The summed E-state index contributed by atoms with van der Waals surface area (Å²) in [4.78, 5) is 22.5. The monoisotopic (exact) mass is 261 g/mol. The van der Waals surface area contributed by atoms with E-state index in [2.05, 4.69) is 5.32 Å². The summed E-state index contributed by atoms with van der Waals surface area (Å²) in [6.45, 7) is 4.41. The number of aryl methyl sites for hydroxylation is 1. The summed E-state index contributed by atoms with van der Waals surface area (Å²) in [5.41, 5.74) is 2.14. The van der Waals surface area contributed by atoms with Gasteiger partial charge in [0.2, 0.25) is 5.91 Å². The van der Waals surface area contributed by atoms with Gasteiger partial charge in [-0.25, -0.2) is 0 Å². The van der Waals surface area contributed by atoms with Gasteiger partial charge in [0.25, 0.3) is 0 Å². The Morgan fingerprint density at radius 1 is 1.26 bits per heavy atom. The number of ether oxygens (including phenoxy) is 1. The van der Waals surface area contributed by atoms with Crippen LogP contribution >= 0.6 is 0 Å². The van der Waals surface area contributed by atoms with Crippen molar-refractivity contribution in [3.8, 4) is 0 Å². The molecule has 0 saturated heterocycles. The molecule has 1 N–H and O–H groups in total. The third-order valence-corrected chi connectivity index (χ3v) is 2.44. The first kappa shape index (κ1) is 15.0. The Labute approximate surface area is 113 Å². The molecule has 0 aliphatic heterocycles. The number of hydrogen-bond donors (Lipinski definition) is 1. The largest absolute Gasteiger partial charge is 0.466 e. The molecule has 0 radical (unpaired) electrons. The molecule has 0 heterocycles. The van der Waals surface area contributed by atoms with Crippen LogP contribution in [0.15, 0.2) is 30.3 Å². The van der Waals surface area contributed by atoms with Crippen LogP contribution in [0, 0.1) is 6.92 Å². The Balaban J connectivity index is 2.31. The van der Waals surface area contributed by atoms with Crippen molar-refractivity contribution in [3.05, 3.63) is 41.5 Å². The molecular formula is C15H19NO3. The van der Waals surface area contributed by atoms with Gasteiger partial charge in [-0.05, 0) is 25.5 Å². The summed E-state index contributed by atoms with van der Waals surface area (Å²) in [7, 11) is 0. The zero-order chi connectivity index (χ0) is 14.1. The number of benzene rings is 1. The summed E-state index contributed by atoms with van der Waals surface area (Å²) in [5, 5.41) is 2.63. The van der Waals surface area contributed by atoms with Gasteiger partial charge in [0, 0.05) is 12.6 Å². The van der Waals surface area contributed by atoms with E-state index in [1.807, 2.05) is 31.2 Å². The van der Waals surface area contributed by atoms with Gasteiger partial charge in [-0.1, -0.05) is 29.8 Å². The Bertz CT molecular complexity index is 449. The van der Waals surface area contributed by atoms with Crippen molar-refractivity contribution in [1.29, 1.82) is 0 Å². The van der Waals surface area contributed by atoms with Crippen molar-refractivity contribution < 1.29 is 14.3 Å². The molecule has 1 aromatic rings. The number of hydrogen-bond acceptors (Lipinski definition) is 3. The van der Waals surface area contributed by atoms with Crippen LogP contribution in [0.4, 0.5) is 0 Å². The maximum Gasteiger partial charge on any atom is 0.307 e. The highest BCUT2D eigenvalue weighted by atomic mass is 16.5. The fraction of sp³-hybridized carbons (Fsp3) is 0.333. The third-order valence-electron chi connectivity index (χ3n) is 2.44. The molecule has 1 aromatic carbocycles. The second kappa shape index (κ2) is 8.08. The van der Waals surface area contributed by atoms with Crippen LogP contribution in [0.5, 0.6) is 0 Å². The fourth-order valence-electron chi connectivity index (χ4n) is 1.43. The summed E-state index contributed by atoms with van der Waals surface area (Å²) in [5.74, 6) is -0.518. The van der Waals surface area contributed by atoms with Crippen molar-refractivity contribution in [2.45, 2.75) is 20.3 Å². The minimum absolute atomic E-state index is 0.192. The molecule has 1 amide bonds. The van der Waals surface area contributed by atoms with Crippen LogP contribution in [0.2, 0.25) is 0 Å². The summed E-state index contributed by atoms with van der Waals surface area (Å²) >= 11 is 0. The van der Waals surface area contributed by atoms with Crippen molar-refractivity contribution in [2.24, 2.45) is 0 Å². The van der Waals surface area contributed by atoms with E-state index in [0.29, 0.717) is 6.61 Å². The molecule has 0 atom stereocenters. The van der Waals surface area contributed by atoms with Crippen LogP contribution < -0.4 is 5.32 Å². The van der Waals surface area contributed by atoms with E-state index in [4.69, 9.17) is 4.74 Å². The fourth-order valence-corrected chi connectivity index (χ4v) is 1.43. The lowest BCUT2D eigenvalue weighted by molar-refractivity contribution is -0.142. The molecule has 0 aliphatic carbocycles. The SMILES string of the molecule is CCOC(=O)CCNC(=O)/C=C/c1ccc(C)cc1. The Morgan fingerprint density at radius 2 is 1.95 bits per heavy atom. The van der Waals surface area contributed by atoms with Crippen LogP contribution in [-0.4, -0.2) is 25.0 Å². The average molecular weight is 261 g/mol. The van der Waals surface area contributed by atoms with Gasteiger partial charge in [0.1, 0.15) is 0 Å². The quantitative estimate of drug-likeness (QED) is 0.630. The molecule has 0 saturated carbocycles. The molecule has 0 aliphatic rings. The first-order chi connectivity index (χ1) is 9.11. The van der Waals surface area contributed by atoms with Crippen molar-refractivity contribution >= 4 is 18.0 Å². The van der Waals surface area contributed by atoms with Crippen LogP contribution in [-0.2, 0) is 14.3 Å². The maximum atomic E-state index is 11.5. The average Bonchev–Trinajstić information content (AvgIpc) is 2.38. The lowest BCUT2D eigenvalue weighted by atomic mass is 10.1. The molecule has 0 bridgehead atoms. The first-order valence-electron chi connectivity index (χ1n) is 6.30. The Kier molecular flexibility index (Phi) is 6.36. The molecule has 0 aromatic heterocycles. The number of carbonyl (C=O) groups excluding carboxylic acids is 2. The topological polar surface area (TPSA) is 55.4 Å². The molecule has 102 valence electrons. The highest BCUT2D eigenvalue weighted by Crippen LogP contribution is 2.04. The van der Waals surface area contributed by atoms with E-state index in [1.54, 1.807) is 13.0 Å². The molecule has 19 heavy (non-hydrogen) atoms. The first-order valence-corrected chi connectivity index (χ1v) is 6.30. The van der Waals surface area contributed by atoms with Gasteiger partial charge in [-0.15, -0.1) is 0 Å². The zero-order valence-electron chi connectivity index (χ0n) is 11.3. The number of rotatable bonds is 6. The predicted octanol–water partition coefficient (Wildman–Crippen LogP) is 2.08. The standard InChI is InChI=1S/C15H19NO3/c1-3-19-15(18)10-11-16-14(17)9-8-13-6-4-12(2)5-7-13/h4-9H,3,10-11H2,1-2H3,(H,16,17)/b9-8+. The maximum absolute atomic E-state index is 11.5. The van der Waals surface area contributed by atoms with E-state index >= 15 is 0 Å². The van der Waals surface area contributed by atoms with Crippen LogP contribution in [0.25, 0.3) is 6.08 Å².